The van der Waals surface area contributed by atoms with Crippen LogP contribution in [0.3, 0.4) is 0 Å². The number of benzene rings is 1. The summed E-state index contributed by atoms with van der Waals surface area (Å²) in [7, 11) is 0. The van der Waals surface area contributed by atoms with Crippen LogP contribution >= 0.6 is 0 Å². The molecule has 0 amide bonds. The molecule has 1 aliphatic heterocycles. The minimum absolute atomic E-state index is 0.655. The van der Waals surface area contributed by atoms with Gasteiger partial charge in [-0.1, -0.05) is 22.9 Å². The molecule has 3 rings (SSSR count). The minimum atomic E-state index is 0.655. The molecule has 2 aromatic rings. The van der Waals surface area contributed by atoms with E-state index in [0.717, 1.165) is 33.3 Å². The number of rotatable bonds is 3. The Balaban J connectivity index is 1.89. The average molecular weight is 319 g/mol. The Morgan fingerprint density at radius 2 is 2.00 bits per heavy atom. The lowest BCUT2D eigenvalue weighted by Crippen LogP contribution is -2.17. The van der Waals surface area contributed by atoms with Crippen LogP contribution in [0.4, 0.5) is 0 Å². The number of pyridine rings is 1. The molecule has 0 saturated carbocycles. The molecule has 0 saturated heterocycles. The van der Waals surface area contributed by atoms with Crippen LogP contribution in [-0.4, -0.2) is 15.8 Å². The first-order valence-corrected chi connectivity index (χ1v) is 7.96. The van der Waals surface area contributed by atoms with E-state index in [-0.39, 0.29) is 0 Å². The van der Waals surface area contributed by atoms with Crippen molar-refractivity contribution in [1.29, 1.82) is 0 Å². The van der Waals surface area contributed by atoms with Crippen molar-refractivity contribution in [3.63, 3.8) is 0 Å². The van der Waals surface area contributed by atoms with Crippen LogP contribution in [0, 0.1) is 0 Å². The maximum absolute atomic E-state index is 4.45. The number of nitrogens with zero attached hydrogens (tertiary/aromatic N) is 5. The molecule has 0 spiro atoms. The van der Waals surface area contributed by atoms with E-state index in [1.807, 2.05) is 43.4 Å². The molecular weight excluding hydrogens is 298 g/mol. The molecule has 0 unspecified atom stereocenters. The van der Waals surface area contributed by atoms with Gasteiger partial charge in [0.25, 0.3) is 0 Å². The molecule has 5 heteroatoms. The van der Waals surface area contributed by atoms with Gasteiger partial charge in [-0.05, 0) is 57.0 Å². The van der Waals surface area contributed by atoms with Gasteiger partial charge in [0.05, 0.1) is 12.1 Å². The van der Waals surface area contributed by atoms with Crippen LogP contribution < -0.4 is 0 Å². The molecular formula is C19H21N5. The van der Waals surface area contributed by atoms with Crippen LogP contribution in [0.2, 0.25) is 0 Å². The number of aromatic nitrogens is 1. The summed E-state index contributed by atoms with van der Waals surface area (Å²) in [5.74, 6) is 0.665. The van der Waals surface area contributed by atoms with Gasteiger partial charge in [0.2, 0.25) is 5.84 Å². The van der Waals surface area contributed by atoms with Gasteiger partial charge in [-0.3, -0.25) is 4.98 Å². The van der Waals surface area contributed by atoms with Gasteiger partial charge in [-0.15, -0.1) is 5.11 Å². The van der Waals surface area contributed by atoms with E-state index < -0.39 is 0 Å². The monoisotopic (exact) mass is 319 g/mol. The second-order valence-corrected chi connectivity index (χ2v) is 6.29. The Labute approximate surface area is 142 Å². The fraction of sp³-hybridized carbons (Fsp3) is 0.263. The topological polar surface area (TPSA) is 53.2 Å². The quantitative estimate of drug-likeness (QED) is 0.796. The predicted octanol–water partition coefficient (Wildman–Crippen LogP) is 5.03. The number of hydrogen-bond acceptors (Lipinski definition) is 4. The summed E-state index contributed by atoms with van der Waals surface area (Å²) in [5.41, 5.74) is 5.41. The molecule has 1 aromatic carbocycles. The Morgan fingerprint density at radius 1 is 1.17 bits per heavy atom. The third-order valence-electron chi connectivity index (χ3n) is 3.64. The fourth-order valence-electron chi connectivity index (χ4n) is 2.57. The highest BCUT2D eigenvalue weighted by Gasteiger charge is 2.23. The SMILES string of the molecule is CC(C)=CN=C1N=NN(Cc2ccc3ncccc3c2)C1=C(C)C. The summed E-state index contributed by atoms with van der Waals surface area (Å²) < 4.78 is 0. The average Bonchev–Trinajstić information content (AvgIpc) is 2.95. The maximum atomic E-state index is 4.45. The standard InChI is InChI=1S/C19H21N5/c1-13(2)11-21-19-18(14(3)4)24(23-22-19)12-15-7-8-17-16(10-15)6-5-9-20-17/h5-11H,12H2,1-4H3. The second-order valence-electron chi connectivity index (χ2n) is 6.29. The third kappa shape index (κ3) is 3.40. The smallest absolute Gasteiger partial charge is 0.201 e. The lowest BCUT2D eigenvalue weighted by molar-refractivity contribution is 0.368. The van der Waals surface area contributed by atoms with Crippen LogP contribution in [0.1, 0.15) is 33.3 Å². The lowest BCUT2D eigenvalue weighted by Gasteiger charge is -2.16. The summed E-state index contributed by atoms with van der Waals surface area (Å²) in [5, 5.41) is 11.6. The second kappa shape index (κ2) is 6.74. The Hall–Kier alpha value is -2.82. The summed E-state index contributed by atoms with van der Waals surface area (Å²) in [6.07, 6.45) is 3.63. The van der Waals surface area contributed by atoms with Gasteiger partial charge in [0.1, 0.15) is 5.70 Å². The van der Waals surface area contributed by atoms with Crippen LogP contribution in [0.15, 0.2) is 74.9 Å². The third-order valence-corrected chi connectivity index (χ3v) is 3.64. The molecule has 1 aliphatic rings. The number of amidine groups is 1. The van der Waals surface area contributed by atoms with Crippen molar-refractivity contribution in [3.8, 4) is 0 Å². The highest BCUT2D eigenvalue weighted by atomic mass is 15.6. The van der Waals surface area contributed by atoms with Crippen molar-refractivity contribution < 1.29 is 0 Å². The Kier molecular flexibility index (Phi) is 4.51. The van der Waals surface area contributed by atoms with Crippen molar-refractivity contribution in [1.82, 2.24) is 9.99 Å². The Bertz CT molecular complexity index is 882. The molecule has 0 radical (unpaired) electrons. The molecule has 0 atom stereocenters. The summed E-state index contributed by atoms with van der Waals surface area (Å²) >= 11 is 0. The number of fused-ring (bicyclic) bond motifs is 1. The molecule has 5 nitrogen and oxygen atoms in total. The van der Waals surface area contributed by atoms with Crippen molar-refractivity contribution in [2.75, 3.05) is 0 Å². The molecule has 24 heavy (non-hydrogen) atoms. The van der Waals surface area contributed by atoms with Gasteiger partial charge in [-0.2, -0.15) is 0 Å². The van der Waals surface area contributed by atoms with E-state index in [2.05, 4.69) is 52.4 Å². The van der Waals surface area contributed by atoms with E-state index in [1.54, 1.807) is 0 Å². The van der Waals surface area contributed by atoms with Gasteiger partial charge in [0.15, 0.2) is 0 Å². The first-order chi connectivity index (χ1) is 11.5. The van der Waals surface area contributed by atoms with Crippen molar-refractivity contribution in [2.45, 2.75) is 34.2 Å². The lowest BCUT2D eigenvalue weighted by atomic mass is 10.1. The van der Waals surface area contributed by atoms with E-state index in [1.165, 1.54) is 0 Å². The summed E-state index contributed by atoms with van der Waals surface area (Å²) in [6.45, 7) is 8.79. The molecule has 2 heterocycles. The molecule has 0 bridgehead atoms. The van der Waals surface area contributed by atoms with Crippen LogP contribution in [0.5, 0.6) is 0 Å². The van der Waals surface area contributed by atoms with Gasteiger partial charge in [-0.25, -0.2) is 10.0 Å². The fourth-order valence-corrected chi connectivity index (χ4v) is 2.57. The maximum Gasteiger partial charge on any atom is 0.201 e. The molecule has 1 aromatic heterocycles. The van der Waals surface area contributed by atoms with Gasteiger partial charge < -0.3 is 0 Å². The first-order valence-electron chi connectivity index (χ1n) is 7.96. The zero-order chi connectivity index (χ0) is 17.1. The predicted molar refractivity (Wildman–Crippen MR) is 97.4 cm³/mol. The molecule has 0 fully saturated rings. The number of allylic oxidation sites excluding steroid dienone is 2. The van der Waals surface area contributed by atoms with E-state index in [9.17, 15) is 0 Å². The van der Waals surface area contributed by atoms with E-state index in [0.29, 0.717) is 12.4 Å². The van der Waals surface area contributed by atoms with Crippen molar-refractivity contribution in [2.24, 2.45) is 15.3 Å². The van der Waals surface area contributed by atoms with E-state index in [4.69, 9.17) is 0 Å². The molecule has 122 valence electrons. The first kappa shape index (κ1) is 16.1. The zero-order valence-electron chi connectivity index (χ0n) is 14.5. The molecule has 0 N–H and O–H groups in total. The van der Waals surface area contributed by atoms with Crippen molar-refractivity contribution in [3.05, 3.63) is 65.1 Å². The van der Waals surface area contributed by atoms with Gasteiger partial charge in [0, 0.05) is 17.8 Å². The minimum Gasteiger partial charge on any atom is -0.256 e. The largest absolute Gasteiger partial charge is 0.256 e. The van der Waals surface area contributed by atoms with Gasteiger partial charge >= 0.3 is 0 Å². The number of hydrogen-bond donors (Lipinski definition) is 0. The van der Waals surface area contributed by atoms with Crippen LogP contribution in [-0.2, 0) is 6.54 Å². The molecule has 0 aliphatic carbocycles. The van der Waals surface area contributed by atoms with Crippen molar-refractivity contribution >= 4 is 16.7 Å². The highest BCUT2D eigenvalue weighted by molar-refractivity contribution is 6.00. The van der Waals surface area contributed by atoms with Crippen LogP contribution in [0.25, 0.3) is 10.9 Å². The zero-order valence-corrected chi connectivity index (χ0v) is 14.5. The highest BCUT2D eigenvalue weighted by Crippen LogP contribution is 2.25. The normalized spacial score (nSPS) is 15.4. The Morgan fingerprint density at radius 3 is 2.75 bits per heavy atom. The summed E-state index contributed by atoms with van der Waals surface area (Å²) in [6, 6.07) is 10.3. The summed E-state index contributed by atoms with van der Waals surface area (Å²) in [4.78, 5) is 8.81. The number of aliphatic imine (C=N–C) groups is 1. The van der Waals surface area contributed by atoms with E-state index >= 15 is 0 Å².